The minimum absolute atomic E-state index is 0.0208. The van der Waals surface area contributed by atoms with Crippen molar-refractivity contribution in [2.75, 3.05) is 39.8 Å². The Labute approximate surface area is 91.5 Å². The second-order valence-electron chi connectivity index (χ2n) is 3.68. The number of hydrogen-bond donors (Lipinski definition) is 0. The van der Waals surface area contributed by atoms with Crippen molar-refractivity contribution in [3.63, 3.8) is 0 Å². The Morgan fingerprint density at radius 1 is 1.33 bits per heavy atom. The van der Waals surface area contributed by atoms with E-state index in [-0.39, 0.29) is 5.91 Å². The SMILES string of the molecule is C/C=C(\OCC)C(=O)N1CCN(C)CC1. The molecule has 4 heteroatoms. The van der Waals surface area contributed by atoms with Crippen molar-refractivity contribution >= 4 is 5.91 Å². The van der Waals surface area contributed by atoms with Crippen molar-refractivity contribution in [3.05, 3.63) is 11.8 Å². The van der Waals surface area contributed by atoms with Gasteiger partial charge in [0.05, 0.1) is 6.61 Å². The topological polar surface area (TPSA) is 32.8 Å². The predicted octanol–water partition coefficient (Wildman–Crippen LogP) is 0.701. The molecule has 1 saturated heterocycles. The third-order valence-corrected chi connectivity index (χ3v) is 2.56. The maximum atomic E-state index is 11.9. The highest BCUT2D eigenvalue weighted by Crippen LogP contribution is 2.07. The Bertz CT molecular complexity index is 243. The van der Waals surface area contributed by atoms with Gasteiger partial charge in [-0.1, -0.05) is 0 Å². The molecular formula is C11H20N2O2. The highest BCUT2D eigenvalue weighted by Gasteiger charge is 2.22. The number of rotatable bonds is 3. The minimum Gasteiger partial charge on any atom is -0.488 e. The average Bonchev–Trinajstić information content (AvgIpc) is 2.26. The molecule has 0 radical (unpaired) electrons. The molecule has 0 aromatic carbocycles. The first-order chi connectivity index (χ1) is 7.19. The Balaban J connectivity index is 2.52. The number of carbonyl (C=O) groups is 1. The molecule has 0 atom stereocenters. The number of likely N-dealkylation sites (N-methyl/N-ethyl adjacent to an activating group) is 1. The molecule has 15 heavy (non-hydrogen) atoms. The van der Waals surface area contributed by atoms with Crippen LogP contribution in [0.15, 0.2) is 11.8 Å². The molecule has 0 saturated carbocycles. The van der Waals surface area contributed by atoms with Crippen molar-refractivity contribution < 1.29 is 9.53 Å². The first-order valence-electron chi connectivity index (χ1n) is 5.46. The van der Waals surface area contributed by atoms with Crippen LogP contribution in [0.3, 0.4) is 0 Å². The molecule has 0 spiro atoms. The molecule has 1 aliphatic heterocycles. The Hall–Kier alpha value is -1.03. The lowest BCUT2D eigenvalue weighted by Gasteiger charge is -2.32. The first kappa shape index (κ1) is 12.0. The molecule has 0 unspecified atom stereocenters. The highest BCUT2D eigenvalue weighted by atomic mass is 16.5. The van der Waals surface area contributed by atoms with E-state index < -0.39 is 0 Å². The number of ether oxygens (including phenoxy) is 1. The lowest BCUT2D eigenvalue weighted by atomic mass is 10.3. The van der Waals surface area contributed by atoms with E-state index >= 15 is 0 Å². The van der Waals surface area contributed by atoms with Crippen molar-refractivity contribution in [3.8, 4) is 0 Å². The maximum Gasteiger partial charge on any atom is 0.288 e. The fourth-order valence-corrected chi connectivity index (χ4v) is 1.59. The standard InChI is InChI=1S/C11H20N2O2/c1-4-10(15-5-2)11(14)13-8-6-12(3)7-9-13/h4H,5-9H2,1-3H3/b10-4-. The van der Waals surface area contributed by atoms with Crippen LogP contribution in [0, 0.1) is 0 Å². The molecule has 0 aliphatic carbocycles. The zero-order valence-electron chi connectivity index (χ0n) is 9.82. The number of allylic oxidation sites excluding steroid dienone is 1. The van der Waals surface area contributed by atoms with Gasteiger partial charge in [0, 0.05) is 26.2 Å². The van der Waals surface area contributed by atoms with Crippen LogP contribution in [-0.2, 0) is 9.53 Å². The third kappa shape index (κ3) is 3.23. The van der Waals surface area contributed by atoms with Gasteiger partial charge in [0.25, 0.3) is 5.91 Å². The average molecular weight is 212 g/mol. The summed E-state index contributed by atoms with van der Waals surface area (Å²) in [7, 11) is 2.07. The van der Waals surface area contributed by atoms with E-state index in [9.17, 15) is 4.79 Å². The van der Waals surface area contributed by atoms with Gasteiger partial charge >= 0.3 is 0 Å². The van der Waals surface area contributed by atoms with E-state index in [4.69, 9.17) is 4.74 Å². The molecule has 0 aromatic rings. The summed E-state index contributed by atoms with van der Waals surface area (Å²) in [4.78, 5) is 16.0. The van der Waals surface area contributed by atoms with Crippen LogP contribution in [0.25, 0.3) is 0 Å². The zero-order valence-corrected chi connectivity index (χ0v) is 9.82. The molecule has 0 bridgehead atoms. The normalized spacial score (nSPS) is 19.1. The number of carbonyl (C=O) groups excluding carboxylic acids is 1. The van der Waals surface area contributed by atoms with Gasteiger partial charge in [0.1, 0.15) is 0 Å². The second-order valence-corrected chi connectivity index (χ2v) is 3.68. The monoisotopic (exact) mass is 212 g/mol. The molecule has 86 valence electrons. The van der Waals surface area contributed by atoms with Crippen molar-refractivity contribution in [1.29, 1.82) is 0 Å². The van der Waals surface area contributed by atoms with E-state index in [0.29, 0.717) is 12.4 Å². The highest BCUT2D eigenvalue weighted by molar-refractivity contribution is 5.91. The fourth-order valence-electron chi connectivity index (χ4n) is 1.59. The van der Waals surface area contributed by atoms with E-state index in [1.54, 1.807) is 6.08 Å². The van der Waals surface area contributed by atoms with Crippen LogP contribution in [0.2, 0.25) is 0 Å². The Morgan fingerprint density at radius 3 is 2.40 bits per heavy atom. The molecule has 1 aliphatic rings. The Kier molecular flexibility index (Phi) is 4.62. The lowest BCUT2D eigenvalue weighted by Crippen LogP contribution is -2.47. The van der Waals surface area contributed by atoms with Crippen LogP contribution in [-0.4, -0.2) is 55.5 Å². The van der Waals surface area contributed by atoms with Crippen LogP contribution < -0.4 is 0 Å². The van der Waals surface area contributed by atoms with E-state index in [1.807, 2.05) is 18.7 Å². The summed E-state index contributed by atoms with van der Waals surface area (Å²) in [5.41, 5.74) is 0. The van der Waals surface area contributed by atoms with E-state index in [0.717, 1.165) is 26.2 Å². The first-order valence-corrected chi connectivity index (χ1v) is 5.46. The molecule has 1 amide bonds. The Morgan fingerprint density at radius 2 is 1.93 bits per heavy atom. The van der Waals surface area contributed by atoms with E-state index in [1.165, 1.54) is 0 Å². The number of piperazine rings is 1. The number of amides is 1. The summed E-state index contributed by atoms with van der Waals surface area (Å²) in [6.07, 6.45) is 1.74. The van der Waals surface area contributed by atoms with Crippen molar-refractivity contribution in [2.24, 2.45) is 0 Å². The summed E-state index contributed by atoms with van der Waals surface area (Å²) >= 11 is 0. The summed E-state index contributed by atoms with van der Waals surface area (Å²) in [5.74, 6) is 0.495. The summed E-state index contributed by atoms with van der Waals surface area (Å²) in [6.45, 7) is 7.72. The molecule has 1 fully saturated rings. The van der Waals surface area contributed by atoms with Crippen LogP contribution in [0.5, 0.6) is 0 Å². The lowest BCUT2D eigenvalue weighted by molar-refractivity contribution is -0.132. The minimum atomic E-state index is 0.0208. The molecule has 4 nitrogen and oxygen atoms in total. The quantitative estimate of drug-likeness (QED) is 0.510. The number of hydrogen-bond acceptors (Lipinski definition) is 3. The van der Waals surface area contributed by atoms with E-state index in [2.05, 4.69) is 11.9 Å². The van der Waals surface area contributed by atoms with Gasteiger partial charge in [-0.25, -0.2) is 0 Å². The second kappa shape index (κ2) is 5.75. The third-order valence-electron chi connectivity index (χ3n) is 2.56. The molecular weight excluding hydrogens is 192 g/mol. The van der Waals surface area contributed by atoms with Crippen LogP contribution in [0.4, 0.5) is 0 Å². The molecule has 0 aromatic heterocycles. The van der Waals surface area contributed by atoms with Crippen LogP contribution >= 0.6 is 0 Å². The molecule has 1 rings (SSSR count). The summed E-state index contributed by atoms with van der Waals surface area (Å²) in [5, 5.41) is 0. The number of nitrogens with zero attached hydrogens (tertiary/aromatic N) is 2. The van der Waals surface area contributed by atoms with Gasteiger partial charge in [0.2, 0.25) is 0 Å². The van der Waals surface area contributed by atoms with Crippen LogP contribution in [0.1, 0.15) is 13.8 Å². The zero-order chi connectivity index (χ0) is 11.3. The summed E-state index contributed by atoms with van der Waals surface area (Å²) < 4.78 is 5.29. The van der Waals surface area contributed by atoms with Gasteiger partial charge in [-0.05, 0) is 27.0 Å². The van der Waals surface area contributed by atoms with Gasteiger partial charge in [-0.15, -0.1) is 0 Å². The summed E-state index contributed by atoms with van der Waals surface area (Å²) in [6, 6.07) is 0. The predicted molar refractivity (Wildman–Crippen MR) is 59.5 cm³/mol. The molecule has 1 heterocycles. The van der Waals surface area contributed by atoms with Gasteiger partial charge < -0.3 is 14.5 Å². The van der Waals surface area contributed by atoms with Gasteiger partial charge in [-0.2, -0.15) is 0 Å². The van der Waals surface area contributed by atoms with Crippen molar-refractivity contribution in [2.45, 2.75) is 13.8 Å². The molecule has 0 N–H and O–H groups in total. The van der Waals surface area contributed by atoms with Gasteiger partial charge in [-0.3, -0.25) is 4.79 Å². The fraction of sp³-hybridized carbons (Fsp3) is 0.727. The largest absolute Gasteiger partial charge is 0.488 e. The smallest absolute Gasteiger partial charge is 0.288 e. The van der Waals surface area contributed by atoms with Gasteiger partial charge in [0.15, 0.2) is 5.76 Å². The maximum absolute atomic E-state index is 11.9. The van der Waals surface area contributed by atoms with Crippen molar-refractivity contribution in [1.82, 2.24) is 9.80 Å².